The smallest absolute Gasteiger partial charge is 0.233 e. The second-order valence-electron chi connectivity index (χ2n) is 8.18. The number of hydrogen-bond donors (Lipinski definition) is 0. The molecule has 0 saturated heterocycles. The van der Waals surface area contributed by atoms with Gasteiger partial charge in [-0.3, -0.25) is 4.79 Å². The third-order valence-corrected chi connectivity index (χ3v) is 8.00. The Morgan fingerprint density at radius 3 is 2.66 bits per heavy atom. The van der Waals surface area contributed by atoms with Crippen molar-refractivity contribution in [2.24, 2.45) is 0 Å². The van der Waals surface area contributed by atoms with Gasteiger partial charge in [0, 0.05) is 13.0 Å². The molecule has 5 rings (SSSR count). The van der Waals surface area contributed by atoms with E-state index >= 15 is 0 Å². The van der Waals surface area contributed by atoms with Gasteiger partial charge in [0.25, 0.3) is 0 Å². The Bertz CT molecular complexity index is 1200. The van der Waals surface area contributed by atoms with E-state index in [2.05, 4.69) is 33.0 Å². The van der Waals surface area contributed by atoms with E-state index in [-0.39, 0.29) is 11.9 Å². The van der Waals surface area contributed by atoms with Gasteiger partial charge in [0.1, 0.15) is 10.8 Å². The van der Waals surface area contributed by atoms with Crippen LogP contribution < -0.4 is 0 Å². The van der Waals surface area contributed by atoms with Crippen LogP contribution in [-0.2, 0) is 11.3 Å². The molecule has 0 bridgehead atoms. The molecule has 1 atom stereocenters. The first kappa shape index (κ1) is 21.2. The maximum atomic E-state index is 13.0. The molecular formula is C24H25N5OS2. The molecule has 2 heterocycles. The number of fused-ring (bicyclic) bond motifs is 1. The number of nitrogens with zero attached hydrogens (tertiary/aromatic N) is 5. The number of thioether (sulfide) groups is 1. The van der Waals surface area contributed by atoms with Crippen molar-refractivity contribution in [1.82, 2.24) is 24.6 Å². The molecule has 1 aliphatic carbocycles. The summed E-state index contributed by atoms with van der Waals surface area (Å²) in [7, 11) is 1.85. The number of benzene rings is 2. The Balaban J connectivity index is 1.28. The molecule has 1 amide bonds. The maximum absolute atomic E-state index is 13.0. The third kappa shape index (κ3) is 4.42. The van der Waals surface area contributed by atoms with E-state index in [9.17, 15) is 4.79 Å². The SMILES string of the molecule is C[C@@H](c1nc2ccccc2s1)N(C)C(=O)CSc1nnc(C2CC2)n1Cc1ccccc1. The van der Waals surface area contributed by atoms with Gasteiger partial charge in [-0.2, -0.15) is 0 Å². The molecule has 4 aromatic rings. The molecule has 2 aromatic heterocycles. The monoisotopic (exact) mass is 463 g/mol. The van der Waals surface area contributed by atoms with Crippen molar-refractivity contribution in [3.05, 3.63) is 71.0 Å². The molecule has 0 radical (unpaired) electrons. The second-order valence-corrected chi connectivity index (χ2v) is 10.2. The van der Waals surface area contributed by atoms with E-state index in [1.165, 1.54) is 30.2 Å². The summed E-state index contributed by atoms with van der Waals surface area (Å²) in [6.07, 6.45) is 2.33. The highest BCUT2D eigenvalue weighted by atomic mass is 32.2. The van der Waals surface area contributed by atoms with Crippen LogP contribution in [0.3, 0.4) is 0 Å². The van der Waals surface area contributed by atoms with Crippen LogP contribution in [0.4, 0.5) is 0 Å². The summed E-state index contributed by atoms with van der Waals surface area (Å²) < 4.78 is 3.33. The van der Waals surface area contributed by atoms with Gasteiger partial charge in [-0.15, -0.1) is 21.5 Å². The van der Waals surface area contributed by atoms with Crippen molar-refractivity contribution >= 4 is 39.2 Å². The van der Waals surface area contributed by atoms with Crippen molar-refractivity contribution < 1.29 is 4.79 Å². The summed E-state index contributed by atoms with van der Waals surface area (Å²) in [5.74, 6) is 1.92. The average molecular weight is 464 g/mol. The zero-order chi connectivity index (χ0) is 22.1. The largest absolute Gasteiger partial charge is 0.336 e. The van der Waals surface area contributed by atoms with E-state index in [0.29, 0.717) is 11.7 Å². The molecule has 8 heteroatoms. The highest BCUT2D eigenvalue weighted by Crippen LogP contribution is 2.40. The average Bonchev–Trinajstić information content (AvgIpc) is 3.44. The second kappa shape index (κ2) is 9.03. The van der Waals surface area contributed by atoms with Gasteiger partial charge in [-0.05, 0) is 37.5 Å². The molecule has 2 aromatic carbocycles. The number of amides is 1. The predicted octanol–water partition coefficient (Wildman–Crippen LogP) is 5.13. The first-order chi connectivity index (χ1) is 15.6. The minimum absolute atomic E-state index is 0.0592. The zero-order valence-corrected chi connectivity index (χ0v) is 19.8. The highest BCUT2D eigenvalue weighted by molar-refractivity contribution is 7.99. The van der Waals surface area contributed by atoms with Crippen LogP contribution in [0.2, 0.25) is 0 Å². The minimum atomic E-state index is -0.0790. The fourth-order valence-corrected chi connectivity index (χ4v) is 5.57. The number of carbonyl (C=O) groups excluding carboxylic acids is 1. The lowest BCUT2D eigenvalue weighted by Crippen LogP contribution is -2.31. The first-order valence-corrected chi connectivity index (χ1v) is 12.6. The van der Waals surface area contributed by atoms with Gasteiger partial charge in [0.2, 0.25) is 5.91 Å². The van der Waals surface area contributed by atoms with Gasteiger partial charge >= 0.3 is 0 Å². The normalized spacial score (nSPS) is 14.6. The van der Waals surface area contributed by atoms with Crippen LogP contribution in [0.25, 0.3) is 10.2 Å². The van der Waals surface area contributed by atoms with E-state index in [1.807, 2.05) is 50.4 Å². The molecular weight excluding hydrogens is 438 g/mol. The van der Waals surface area contributed by atoms with Crippen LogP contribution in [0.5, 0.6) is 0 Å². The van der Waals surface area contributed by atoms with Gasteiger partial charge in [-0.25, -0.2) is 4.98 Å². The van der Waals surface area contributed by atoms with Crippen LogP contribution in [-0.4, -0.2) is 43.4 Å². The Kier molecular flexibility index (Phi) is 5.97. The molecule has 0 N–H and O–H groups in total. The highest BCUT2D eigenvalue weighted by Gasteiger charge is 2.31. The summed E-state index contributed by atoms with van der Waals surface area (Å²) >= 11 is 3.11. The molecule has 0 unspecified atom stereocenters. The van der Waals surface area contributed by atoms with Gasteiger partial charge < -0.3 is 9.47 Å². The van der Waals surface area contributed by atoms with Gasteiger partial charge in [0.05, 0.1) is 28.6 Å². The Labute approximate surface area is 195 Å². The van der Waals surface area contributed by atoms with Crippen LogP contribution >= 0.6 is 23.1 Å². The van der Waals surface area contributed by atoms with E-state index in [4.69, 9.17) is 4.98 Å². The van der Waals surface area contributed by atoms with Crippen molar-refractivity contribution in [2.45, 2.75) is 43.4 Å². The number of thiazole rings is 1. The fraction of sp³-hybridized carbons (Fsp3) is 0.333. The van der Waals surface area contributed by atoms with E-state index in [1.54, 1.807) is 16.2 Å². The molecule has 32 heavy (non-hydrogen) atoms. The third-order valence-electron chi connectivity index (χ3n) is 5.84. The molecule has 0 spiro atoms. The summed E-state index contributed by atoms with van der Waals surface area (Å²) in [5, 5.41) is 10.7. The lowest BCUT2D eigenvalue weighted by Gasteiger charge is -2.23. The number of hydrogen-bond acceptors (Lipinski definition) is 6. The van der Waals surface area contributed by atoms with E-state index < -0.39 is 0 Å². The number of para-hydroxylation sites is 1. The lowest BCUT2D eigenvalue weighted by atomic mass is 10.2. The maximum Gasteiger partial charge on any atom is 0.233 e. The molecule has 1 aliphatic rings. The Morgan fingerprint density at radius 1 is 1.16 bits per heavy atom. The van der Waals surface area contributed by atoms with Gasteiger partial charge in [-0.1, -0.05) is 54.2 Å². The van der Waals surface area contributed by atoms with Crippen molar-refractivity contribution in [1.29, 1.82) is 0 Å². The number of aromatic nitrogens is 4. The Morgan fingerprint density at radius 2 is 1.91 bits per heavy atom. The van der Waals surface area contributed by atoms with Crippen LogP contribution in [0, 0.1) is 0 Å². The lowest BCUT2D eigenvalue weighted by molar-refractivity contribution is -0.128. The number of rotatable bonds is 8. The summed E-state index contributed by atoms with van der Waals surface area (Å²) in [6, 6.07) is 18.3. The zero-order valence-electron chi connectivity index (χ0n) is 18.1. The van der Waals surface area contributed by atoms with Crippen molar-refractivity contribution in [3.8, 4) is 0 Å². The topological polar surface area (TPSA) is 63.9 Å². The minimum Gasteiger partial charge on any atom is -0.336 e. The quantitative estimate of drug-likeness (QED) is 0.339. The molecule has 0 aliphatic heterocycles. The molecule has 6 nitrogen and oxygen atoms in total. The van der Waals surface area contributed by atoms with E-state index in [0.717, 1.165) is 32.7 Å². The van der Waals surface area contributed by atoms with Crippen LogP contribution in [0.15, 0.2) is 59.8 Å². The molecule has 1 fully saturated rings. The Hall–Kier alpha value is -2.71. The molecule has 1 saturated carbocycles. The standard InChI is InChI=1S/C24H25N5OS2/c1-16(23-25-19-10-6-7-11-20(19)32-23)28(2)21(30)15-31-24-27-26-22(18-12-13-18)29(24)14-17-8-4-3-5-9-17/h3-11,16,18H,12-15H2,1-2H3/t16-/m0/s1. The summed E-state index contributed by atoms with van der Waals surface area (Å²) in [4.78, 5) is 19.5. The first-order valence-electron chi connectivity index (χ1n) is 10.8. The van der Waals surface area contributed by atoms with Crippen molar-refractivity contribution in [2.75, 3.05) is 12.8 Å². The summed E-state index contributed by atoms with van der Waals surface area (Å²) in [5.41, 5.74) is 2.19. The number of carbonyl (C=O) groups is 1. The van der Waals surface area contributed by atoms with Crippen molar-refractivity contribution in [3.63, 3.8) is 0 Å². The molecule has 164 valence electrons. The van der Waals surface area contributed by atoms with Gasteiger partial charge in [0.15, 0.2) is 5.16 Å². The summed E-state index contributed by atoms with van der Waals surface area (Å²) in [6.45, 7) is 2.76. The predicted molar refractivity (Wildman–Crippen MR) is 129 cm³/mol. The fourth-order valence-electron chi connectivity index (χ4n) is 3.64. The van der Waals surface area contributed by atoms with Crippen LogP contribution in [0.1, 0.15) is 48.1 Å².